The molecule has 0 spiro atoms. The molecule has 1 aromatic carbocycles. The van der Waals surface area contributed by atoms with E-state index in [1.54, 1.807) is 0 Å². The molecule has 0 saturated carbocycles. The van der Waals surface area contributed by atoms with E-state index in [0.29, 0.717) is 12.6 Å². The second-order valence-corrected chi connectivity index (χ2v) is 7.19. The Balaban J connectivity index is 1.48. The predicted molar refractivity (Wildman–Crippen MR) is 94.7 cm³/mol. The molecule has 1 amide bonds. The highest BCUT2D eigenvalue weighted by atomic mass is 16.2. The number of piperazine rings is 1. The molecule has 4 nitrogen and oxygen atoms in total. The maximum atomic E-state index is 12.5. The monoisotopic (exact) mass is 315 g/mol. The smallest absolute Gasteiger partial charge is 0.241 e. The topological polar surface area (TPSA) is 26.8 Å². The van der Waals surface area contributed by atoms with Crippen molar-refractivity contribution >= 4 is 11.6 Å². The van der Waals surface area contributed by atoms with Crippen LogP contribution in [0.4, 0.5) is 5.69 Å². The SMILES string of the molecule is CC(C)N1CCC(CN2CCN(c3ccccc3)C(=O)C2)CC1. The minimum absolute atomic E-state index is 0.238. The molecule has 126 valence electrons. The van der Waals surface area contributed by atoms with Crippen molar-refractivity contribution < 1.29 is 4.79 Å². The first-order valence-corrected chi connectivity index (χ1v) is 8.95. The average molecular weight is 315 g/mol. The molecule has 2 heterocycles. The largest absolute Gasteiger partial charge is 0.310 e. The maximum Gasteiger partial charge on any atom is 0.241 e. The minimum Gasteiger partial charge on any atom is -0.310 e. The Morgan fingerprint density at radius 2 is 1.74 bits per heavy atom. The molecule has 0 aromatic heterocycles. The van der Waals surface area contributed by atoms with Crippen LogP contribution in [0.1, 0.15) is 26.7 Å². The average Bonchev–Trinajstić information content (AvgIpc) is 2.56. The third kappa shape index (κ3) is 4.12. The quantitative estimate of drug-likeness (QED) is 0.854. The molecule has 4 heteroatoms. The summed E-state index contributed by atoms with van der Waals surface area (Å²) >= 11 is 0. The Morgan fingerprint density at radius 1 is 1.04 bits per heavy atom. The number of hydrogen-bond donors (Lipinski definition) is 0. The van der Waals surface area contributed by atoms with Crippen molar-refractivity contribution in [2.45, 2.75) is 32.7 Å². The summed E-state index contributed by atoms with van der Waals surface area (Å²) in [4.78, 5) is 19.3. The highest BCUT2D eigenvalue weighted by molar-refractivity contribution is 5.95. The summed E-state index contributed by atoms with van der Waals surface area (Å²) in [5, 5.41) is 0. The zero-order chi connectivity index (χ0) is 16.2. The highest BCUT2D eigenvalue weighted by Crippen LogP contribution is 2.22. The fourth-order valence-corrected chi connectivity index (χ4v) is 3.78. The van der Waals surface area contributed by atoms with Crippen molar-refractivity contribution in [1.29, 1.82) is 0 Å². The Labute approximate surface area is 140 Å². The lowest BCUT2D eigenvalue weighted by Gasteiger charge is -2.39. The van der Waals surface area contributed by atoms with Gasteiger partial charge >= 0.3 is 0 Å². The van der Waals surface area contributed by atoms with Gasteiger partial charge in [-0.3, -0.25) is 9.69 Å². The minimum atomic E-state index is 0.238. The van der Waals surface area contributed by atoms with Crippen LogP contribution in [0.25, 0.3) is 0 Å². The van der Waals surface area contributed by atoms with Crippen LogP contribution in [0.2, 0.25) is 0 Å². The summed E-state index contributed by atoms with van der Waals surface area (Å²) in [7, 11) is 0. The van der Waals surface area contributed by atoms with Gasteiger partial charge in [-0.25, -0.2) is 0 Å². The van der Waals surface area contributed by atoms with Gasteiger partial charge in [-0.2, -0.15) is 0 Å². The van der Waals surface area contributed by atoms with Gasteiger partial charge < -0.3 is 9.80 Å². The van der Waals surface area contributed by atoms with Gasteiger partial charge in [0.25, 0.3) is 0 Å². The van der Waals surface area contributed by atoms with E-state index in [1.807, 2.05) is 35.2 Å². The zero-order valence-electron chi connectivity index (χ0n) is 14.4. The lowest BCUT2D eigenvalue weighted by Crippen LogP contribution is -2.52. The fourth-order valence-electron chi connectivity index (χ4n) is 3.78. The van der Waals surface area contributed by atoms with Crippen molar-refractivity contribution in [2.24, 2.45) is 5.92 Å². The van der Waals surface area contributed by atoms with E-state index in [9.17, 15) is 4.79 Å². The zero-order valence-corrected chi connectivity index (χ0v) is 14.4. The lowest BCUT2D eigenvalue weighted by atomic mass is 9.95. The molecule has 23 heavy (non-hydrogen) atoms. The van der Waals surface area contributed by atoms with E-state index >= 15 is 0 Å². The van der Waals surface area contributed by atoms with Gasteiger partial charge in [-0.1, -0.05) is 18.2 Å². The number of rotatable bonds is 4. The summed E-state index contributed by atoms with van der Waals surface area (Å²) in [6, 6.07) is 10.7. The van der Waals surface area contributed by atoms with Crippen molar-refractivity contribution in [1.82, 2.24) is 9.80 Å². The maximum absolute atomic E-state index is 12.5. The molecule has 0 atom stereocenters. The van der Waals surface area contributed by atoms with Crippen LogP contribution >= 0.6 is 0 Å². The molecule has 2 fully saturated rings. The summed E-state index contributed by atoms with van der Waals surface area (Å²) in [6.45, 7) is 10.4. The molecular formula is C19H29N3O. The Bertz CT molecular complexity index is 509. The number of hydrogen-bond acceptors (Lipinski definition) is 3. The molecule has 2 aliphatic rings. The van der Waals surface area contributed by atoms with Crippen LogP contribution in [0.5, 0.6) is 0 Å². The van der Waals surface area contributed by atoms with Crippen molar-refractivity contribution in [3.8, 4) is 0 Å². The second-order valence-electron chi connectivity index (χ2n) is 7.19. The summed E-state index contributed by atoms with van der Waals surface area (Å²) in [5.74, 6) is 0.989. The van der Waals surface area contributed by atoms with E-state index in [-0.39, 0.29) is 5.91 Å². The molecule has 0 N–H and O–H groups in total. The van der Waals surface area contributed by atoms with Gasteiger partial charge in [-0.15, -0.1) is 0 Å². The number of carbonyl (C=O) groups is 1. The molecule has 1 aromatic rings. The Morgan fingerprint density at radius 3 is 2.35 bits per heavy atom. The van der Waals surface area contributed by atoms with Gasteiger partial charge in [0.15, 0.2) is 0 Å². The van der Waals surface area contributed by atoms with Crippen LogP contribution in [-0.4, -0.2) is 61.0 Å². The normalized spacial score (nSPS) is 22.0. The standard InChI is InChI=1S/C19H29N3O/c1-16(2)21-10-8-17(9-11-21)14-20-12-13-22(19(23)15-20)18-6-4-3-5-7-18/h3-7,16-17H,8-15H2,1-2H3. The Kier molecular flexibility index (Phi) is 5.34. The highest BCUT2D eigenvalue weighted by Gasteiger charge is 2.28. The van der Waals surface area contributed by atoms with Crippen LogP contribution in [0, 0.1) is 5.92 Å². The first-order valence-electron chi connectivity index (χ1n) is 8.95. The number of benzene rings is 1. The number of piperidine rings is 1. The van der Waals surface area contributed by atoms with Gasteiger partial charge in [-0.05, 0) is 57.8 Å². The number of nitrogens with zero attached hydrogens (tertiary/aromatic N) is 3. The van der Waals surface area contributed by atoms with Gasteiger partial charge in [0, 0.05) is 31.4 Å². The van der Waals surface area contributed by atoms with Crippen molar-refractivity contribution in [3.05, 3.63) is 30.3 Å². The molecular weight excluding hydrogens is 286 g/mol. The van der Waals surface area contributed by atoms with Crippen LogP contribution in [-0.2, 0) is 4.79 Å². The van der Waals surface area contributed by atoms with E-state index in [4.69, 9.17) is 0 Å². The first kappa shape index (κ1) is 16.5. The predicted octanol–water partition coefficient (Wildman–Crippen LogP) is 2.46. The number of amides is 1. The van der Waals surface area contributed by atoms with Crippen molar-refractivity contribution in [2.75, 3.05) is 44.2 Å². The van der Waals surface area contributed by atoms with E-state index in [2.05, 4.69) is 23.6 Å². The lowest BCUT2D eigenvalue weighted by molar-refractivity contribution is -0.121. The van der Waals surface area contributed by atoms with Crippen LogP contribution in [0.3, 0.4) is 0 Å². The van der Waals surface area contributed by atoms with Crippen LogP contribution < -0.4 is 4.90 Å². The Hall–Kier alpha value is -1.39. The second kappa shape index (κ2) is 7.45. The van der Waals surface area contributed by atoms with Gasteiger partial charge in [0.2, 0.25) is 5.91 Å². The molecule has 3 rings (SSSR count). The van der Waals surface area contributed by atoms with E-state index in [0.717, 1.165) is 31.2 Å². The van der Waals surface area contributed by atoms with Gasteiger partial charge in [0.05, 0.1) is 6.54 Å². The molecule has 2 aliphatic heterocycles. The van der Waals surface area contributed by atoms with Gasteiger partial charge in [0.1, 0.15) is 0 Å². The first-order chi connectivity index (χ1) is 11.1. The van der Waals surface area contributed by atoms with Crippen LogP contribution in [0.15, 0.2) is 30.3 Å². The summed E-state index contributed by atoms with van der Waals surface area (Å²) in [6.07, 6.45) is 2.54. The number of likely N-dealkylation sites (tertiary alicyclic amines) is 1. The molecule has 0 unspecified atom stereocenters. The van der Waals surface area contributed by atoms with E-state index in [1.165, 1.54) is 25.9 Å². The number of carbonyl (C=O) groups excluding carboxylic acids is 1. The summed E-state index contributed by atoms with van der Waals surface area (Å²) in [5.41, 5.74) is 1.03. The molecule has 2 saturated heterocycles. The molecule has 0 radical (unpaired) electrons. The van der Waals surface area contributed by atoms with E-state index < -0.39 is 0 Å². The molecule has 0 bridgehead atoms. The third-order valence-corrected chi connectivity index (χ3v) is 5.26. The fraction of sp³-hybridized carbons (Fsp3) is 0.632. The number of anilines is 1. The van der Waals surface area contributed by atoms with Crippen molar-refractivity contribution in [3.63, 3.8) is 0 Å². The number of para-hydroxylation sites is 1. The molecule has 0 aliphatic carbocycles. The third-order valence-electron chi connectivity index (χ3n) is 5.26. The summed E-state index contributed by atoms with van der Waals surface area (Å²) < 4.78 is 0.